The van der Waals surface area contributed by atoms with Gasteiger partial charge in [0.15, 0.2) is 10.8 Å². The summed E-state index contributed by atoms with van der Waals surface area (Å²) in [5.41, 5.74) is 1.19. The molecule has 0 aromatic carbocycles. The Labute approximate surface area is 144 Å². The molecule has 0 radical (unpaired) electrons. The number of aromatic nitrogens is 2. The van der Waals surface area contributed by atoms with Gasteiger partial charge in [0.1, 0.15) is 5.76 Å². The second kappa shape index (κ2) is 6.72. The van der Waals surface area contributed by atoms with Gasteiger partial charge in [-0.3, -0.25) is 14.9 Å². The largest absolute Gasteiger partial charge is 0.361 e. The third-order valence-electron chi connectivity index (χ3n) is 3.75. The molecule has 0 saturated carbocycles. The van der Waals surface area contributed by atoms with Gasteiger partial charge >= 0.3 is 0 Å². The molecule has 0 spiro atoms. The fourth-order valence-corrected chi connectivity index (χ4v) is 3.59. The van der Waals surface area contributed by atoms with E-state index < -0.39 is 0 Å². The molecular formula is C16H20N4O3S. The molecule has 3 heterocycles. The molecule has 0 atom stereocenters. The Hall–Kier alpha value is -2.22. The molecule has 8 heteroatoms. The molecule has 7 nitrogen and oxygen atoms in total. The Balaban J connectivity index is 1.67. The van der Waals surface area contributed by atoms with E-state index in [1.54, 1.807) is 13.0 Å². The van der Waals surface area contributed by atoms with Gasteiger partial charge in [0.25, 0.3) is 5.91 Å². The predicted octanol–water partition coefficient (Wildman–Crippen LogP) is 2.62. The molecule has 2 amide bonds. The van der Waals surface area contributed by atoms with Crippen molar-refractivity contribution in [1.82, 2.24) is 15.0 Å². The third kappa shape index (κ3) is 3.64. The van der Waals surface area contributed by atoms with E-state index >= 15 is 0 Å². The summed E-state index contributed by atoms with van der Waals surface area (Å²) in [5, 5.41) is 6.97. The van der Waals surface area contributed by atoms with Gasteiger partial charge in [0.05, 0.1) is 12.2 Å². The molecule has 2 aromatic rings. The average molecular weight is 348 g/mol. The van der Waals surface area contributed by atoms with E-state index in [0.717, 1.165) is 10.6 Å². The number of hydrogen-bond donors (Lipinski definition) is 1. The quantitative estimate of drug-likeness (QED) is 0.917. The number of thiazole rings is 1. The zero-order chi connectivity index (χ0) is 17.3. The van der Waals surface area contributed by atoms with Gasteiger partial charge in [-0.05, 0) is 12.8 Å². The number of hydrogen-bond acceptors (Lipinski definition) is 6. The van der Waals surface area contributed by atoms with Crippen LogP contribution in [-0.2, 0) is 17.8 Å². The number of amides is 2. The first-order valence-corrected chi connectivity index (χ1v) is 8.75. The highest BCUT2D eigenvalue weighted by atomic mass is 32.1. The number of carbonyl (C=O) groups is 2. The lowest BCUT2D eigenvalue weighted by molar-refractivity contribution is -0.132. The van der Waals surface area contributed by atoms with Crippen molar-refractivity contribution in [3.63, 3.8) is 0 Å². The van der Waals surface area contributed by atoms with Crippen LogP contribution in [0.5, 0.6) is 0 Å². The summed E-state index contributed by atoms with van der Waals surface area (Å²) in [6.45, 7) is 7.06. The maximum absolute atomic E-state index is 12.2. The maximum atomic E-state index is 12.2. The molecule has 128 valence electrons. The lowest BCUT2D eigenvalue weighted by Crippen LogP contribution is -2.36. The monoisotopic (exact) mass is 348 g/mol. The first-order valence-electron chi connectivity index (χ1n) is 7.93. The van der Waals surface area contributed by atoms with Crippen molar-refractivity contribution in [1.29, 1.82) is 0 Å². The molecule has 24 heavy (non-hydrogen) atoms. The van der Waals surface area contributed by atoms with Crippen molar-refractivity contribution in [2.45, 2.75) is 40.2 Å². The molecule has 0 aliphatic carbocycles. The summed E-state index contributed by atoms with van der Waals surface area (Å²) >= 11 is 1.41. The standard InChI is InChI=1S/C16H20N4O3S/c1-9(2)6-14(21)20-5-4-11-13(8-20)24-16(17-11)18-15(22)12-7-10(3)23-19-12/h7,9H,4-6,8H2,1-3H3,(H,17,18,22). The van der Waals surface area contributed by atoms with Crippen molar-refractivity contribution in [2.75, 3.05) is 11.9 Å². The minimum Gasteiger partial charge on any atom is -0.361 e. The molecule has 0 unspecified atom stereocenters. The molecular weight excluding hydrogens is 328 g/mol. The van der Waals surface area contributed by atoms with Gasteiger partial charge in [-0.2, -0.15) is 0 Å². The molecule has 0 bridgehead atoms. The van der Waals surface area contributed by atoms with Crippen molar-refractivity contribution < 1.29 is 14.1 Å². The zero-order valence-electron chi connectivity index (χ0n) is 14.0. The summed E-state index contributed by atoms with van der Waals surface area (Å²) in [6, 6.07) is 1.58. The molecule has 1 aliphatic rings. The molecule has 0 fully saturated rings. The van der Waals surface area contributed by atoms with Crippen LogP contribution < -0.4 is 5.32 Å². The van der Waals surface area contributed by atoms with E-state index in [1.807, 2.05) is 18.7 Å². The summed E-state index contributed by atoms with van der Waals surface area (Å²) in [5.74, 6) is 0.761. The van der Waals surface area contributed by atoms with E-state index in [-0.39, 0.29) is 17.5 Å². The fraction of sp³-hybridized carbons (Fsp3) is 0.500. The van der Waals surface area contributed by atoms with Crippen LogP contribution in [0, 0.1) is 12.8 Å². The third-order valence-corrected chi connectivity index (χ3v) is 4.75. The van der Waals surface area contributed by atoms with Crippen LogP contribution in [0.2, 0.25) is 0 Å². The van der Waals surface area contributed by atoms with Crippen LogP contribution in [-0.4, -0.2) is 33.4 Å². The summed E-state index contributed by atoms with van der Waals surface area (Å²) in [6.07, 6.45) is 1.28. The van der Waals surface area contributed by atoms with Gasteiger partial charge < -0.3 is 9.42 Å². The number of nitrogens with zero attached hydrogens (tertiary/aromatic N) is 3. The molecule has 2 aromatic heterocycles. The highest BCUT2D eigenvalue weighted by molar-refractivity contribution is 7.15. The molecule has 0 saturated heterocycles. The first-order chi connectivity index (χ1) is 11.4. The van der Waals surface area contributed by atoms with Gasteiger partial charge in [-0.1, -0.05) is 30.3 Å². The highest BCUT2D eigenvalue weighted by Gasteiger charge is 2.25. The van der Waals surface area contributed by atoms with E-state index in [4.69, 9.17) is 4.52 Å². The van der Waals surface area contributed by atoms with Gasteiger partial charge in [0, 0.05) is 30.3 Å². The average Bonchev–Trinajstić information content (AvgIpc) is 3.11. The van der Waals surface area contributed by atoms with Gasteiger partial charge in [-0.15, -0.1) is 0 Å². The second-order valence-electron chi connectivity index (χ2n) is 6.33. The summed E-state index contributed by atoms with van der Waals surface area (Å²) in [4.78, 5) is 31.7. The Morgan fingerprint density at radius 1 is 1.46 bits per heavy atom. The fourth-order valence-electron chi connectivity index (χ4n) is 2.57. The summed E-state index contributed by atoms with van der Waals surface area (Å²) in [7, 11) is 0. The van der Waals surface area contributed by atoms with Crippen LogP contribution >= 0.6 is 11.3 Å². The van der Waals surface area contributed by atoms with Gasteiger partial charge in [0.2, 0.25) is 5.91 Å². The smallest absolute Gasteiger partial charge is 0.279 e. The normalized spacial score (nSPS) is 13.9. The topological polar surface area (TPSA) is 88.3 Å². The Morgan fingerprint density at radius 2 is 2.25 bits per heavy atom. The van der Waals surface area contributed by atoms with E-state index in [0.29, 0.717) is 42.7 Å². The number of anilines is 1. The van der Waals surface area contributed by atoms with Crippen LogP contribution in [0.4, 0.5) is 5.13 Å². The molecule has 1 N–H and O–H groups in total. The molecule has 3 rings (SSSR count). The maximum Gasteiger partial charge on any atom is 0.279 e. The van der Waals surface area contributed by atoms with Crippen LogP contribution in [0.15, 0.2) is 10.6 Å². The second-order valence-corrected chi connectivity index (χ2v) is 7.41. The number of rotatable bonds is 4. The number of nitrogens with one attached hydrogen (secondary N) is 1. The Morgan fingerprint density at radius 3 is 2.92 bits per heavy atom. The van der Waals surface area contributed by atoms with Crippen LogP contribution in [0.3, 0.4) is 0 Å². The summed E-state index contributed by atoms with van der Waals surface area (Å²) < 4.78 is 4.90. The van der Waals surface area contributed by atoms with Crippen molar-refractivity contribution in [3.8, 4) is 0 Å². The van der Waals surface area contributed by atoms with E-state index in [2.05, 4.69) is 15.5 Å². The van der Waals surface area contributed by atoms with Crippen LogP contribution in [0.1, 0.15) is 47.1 Å². The minimum absolute atomic E-state index is 0.174. The van der Waals surface area contributed by atoms with Gasteiger partial charge in [-0.25, -0.2) is 4.98 Å². The van der Waals surface area contributed by atoms with Crippen molar-refractivity contribution >= 4 is 28.3 Å². The van der Waals surface area contributed by atoms with Crippen molar-refractivity contribution in [2.24, 2.45) is 5.92 Å². The number of fused-ring (bicyclic) bond motifs is 1. The zero-order valence-corrected chi connectivity index (χ0v) is 14.8. The molecule has 1 aliphatic heterocycles. The first kappa shape index (κ1) is 16.6. The Kier molecular flexibility index (Phi) is 4.66. The van der Waals surface area contributed by atoms with Crippen LogP contribution in [0.25, 0.3) is 0 Å². The minimum atomic E-state index is -0.342. The lowest BCUT2D eigenvalue weighted by Gasteiger charge is -2.26. The number of aryl methyl sites for hydroxylation is 1. The lowest BCUT2D eigenvalue weighted by atomic mass is 10.1. The van der Waals surface area contributed by atoms with E-state index in [1.165, 1.54) is 11.3 Å². The highest BCUT2D eigenvalue weighted by Crippen LogP contribution is 2.29. The number of carbonyl (C=O) groups excluding carboxylic acids is 2. The Bertz CT molecular complexity index is 765. The van der Waals surface area contributed by atoms with E-state index in [9.17, 15) is 9.59 Å². The van der Waals surface area contributed by atoms with Crippen molar-refractivity contribution in [3.05, 3.63) is 28.1 Å². The SMILES string of the molecule is Cc1cc(C(=O)Nc2nc3c(s2)CN(C(=O)CC(C)C)CC3)no1. The predicted molar refractivity (Wildman–Crippen MR) is 89.9 cm³/mol.